The highest BCUT2D eigenvalue weighted by Gasteiger charge is 2.41. The van der Waals surface area contributed by atoms with Gasteiger partial charge in [-0.2, -0.15) is 0 Å². The Balaban J connectivity index is 1.74. The van der Waals surface area contributed by atoms with Gasteiger partial charge in [0.05, 0.1) is 12.1 Å². The van der Waals surface area contributed by atoms with Crippen molar-refractivity contribution in [3.05, 3.63) is 71.5 Å². The molecule has 0 radical (unpaired) electrons. The van der Waals surface area contributed by atoms with Crippen LogP contribution in [0, 0.1) is 5.92 Å². The smallest absolute Gasteiger partial charge is 0.0583 e. The second kappa shape index (κ2) is 5.19. The van der Waals surface area contributed by atoms with E-state index in [1.807, 2.05) is 0 Å². The lowest BCUT2D eigenvalue weighted by Crippen LogP contribution is -2.40. The fourth-order valence-electron chi connectivity index (χ4n) is 4.03. The lowest BCUT2D eigenvalue weighted by molar-refractivity contribution is 0.243. The van der Waals surface area contributed by atoms with Crippen molar-refractivity contribution in [3.8, 4) is 0 Å². The second-order valence-corrected chi connectivity index (χ2v) is 6.19. The minimum absolute atomic E-state index is 0.467. The predicted molar refractivity (Wildman–Crippen MR) is 87.5 cm³/mol. The van der Waals surface area contributed by atoms with E-state index in [1.54, 1.807) is 5.70 Å². The molecular formula is C19H22N2. The molecule has 3 atom stereocenters. The van der Waals surface area contributed by atoms with Crippen LogP contribution in [0.25, 0.3) is 0 Å². The zero-order valence-corrected chi connectivity index (χ0v) is 12.3. The third kappa shape index (κ3) is 2.06. The van der Waals surface area contributed by atoms with E-state index in [1.165, 1.54) is 17.6 Å². The largest absolute Gasteiger partial charge is 0.360 e. The summed E-state index contributed by atoms with van der Waals surface area (Å²) in [6.45, 7) is 0.637. The van der Waals surface area contributed by atoms with Crippen molar-refractivity contribution >= 4 is 0 Å². The van der Waals surface area contributed by atoms with Gasteiger partial charge in [-0.1, -0.05) is 54.7 Å². The molecule has 1 heterocycles. The number of rotatable bonds is 2. The van der Waals surface area contributed by atoms with E-state index in [0.29, 0.717) is 24.5 Å². The monoisotopic (exact) mass is 278 g/mol. The van der Waals surface area contributed by atoms with Gasteiger partial charge in [0, 0.05) is 18.2 Å². The van der Waals surface area contributed by atoms with Gasteiger partial charge in [-0.3, -0.25) is 0 Å². The van der Waals surface area contributed by atoms with Crippen molar-refractivity contribution in [1.82, 2.24) is 4.90 Å². The van der Waals surface area contributed by atoms with Crippen molar-refractivity contribution < 1.29 is 0 Å². The van der Waals surface area contributed by atoms with Gasteiger partial charge >= 0.3 is 0 Å². The van der Waals surface area contributed by atoms with E-state index in [0.717, 1.165) is 12.8 Å². The molecular weight excluding hydrogens is 256 g/mol. The molecule has 0 spiro atoms. The van der Waals surface area contributed by atoms with E-state index < -0.39 is 0 Å². The van der Waals surface area contributed by atoms with Crippen LogP contribution in [0.1, 0.15) is 19.3 Å². The van der Waals surface area contributed by atoms with Gasteiger partial charge < -0.3 is 10.6 Å². The third-order valence-electron chi connectivity index (χ3n) is 4.99. The summed E-state index contributed by atoms with van der Waals surface area (Å²) in [5, 5.41) is 0. The molecule has 108 valence electrons. The molecule has 2 nitrogen and oxygen atoms in total. The molecule has 0 saturated carbocycles. The number of fused-ring (bicyclic) bond motifs is 2. The quantitative estimate of drug-likeness (QED) is 0.840. The van der Waals surface area contributed by atoms with Crippen molar-refractivity contribution in [2.24, 2.45) is 11.7 Å². The van der Waals surface area contributed by atoms with Crippen LogP contribution in [0.5, 0.6) is 0 Å². The van der Waals surface area contributed by atoms with Crippen LogP contribution in [0.2, 0.25) is 0 Å². The lowest BCUT2D eigenvalue weighted by Gasteiger charge is -2.37. The highest BCUT2D eigenvalue weighted by molar-refractivity contribution is 5.47. The van der Waals surface area contributed by atoms with E-state index in [-0.39, 0.29) is 0 Å². The summed E-state index contributed by atoms with van der Waals surface area (Å²) in [4.78, 5) is 2.66. The Hall–Kier alpha value is -1.80. The van der Waals surface area contributed by atoms with Crippen LogP contribution in [0.15, 0.2) is 71.5 Å². The summed E-state index contributed by atoms with van der Waals surface area (Å²) in [6.07, 6.45) is 24.1. The molecule has 3 aliphatic carbocycles. The molecule has 4 rings (SSSR count). The summed E-state index contributed by atoms with van der Waals surface area (Å²) < 4.78 is 0. The zero-order valence-electron chi connectivity index (χ0n) is 12.3. The number of hydrogen-bond donors (Lipinski definition) is 1. The molecule has 3 unspecified atom stereocenters. The summed E-state index contributed by atoms with van der Waals surface area (Å²) in [7, 11) is 0. The van der Waals surface area contributed by atoms with Crippen LogP contribution >= 0.6 is 0 Å². The molecule has 0 fully saturated rings. The number of hydrogen-bond acceptors (Lipinski definition) is 2. The van der Waals surface area contributed by atoms with Crippen LogP contribution in [-0.2, 0) is 0 Å². The molecule has 4 aliphatic rings. The molecule has 0 saturated heterocycles. The van der Waals surface area contributed by atoms with Crippen LogP contribution in [0.3, 0.4) is 0 Å². The summed E-state index contributed by atoms with van der Waals surface area (Å²) in [5.74, 6) is 0.486. The van der Waals surface area contributed by atoms with Crippen molar-refractivity contribution in [1.29, 1.82) is 0 Å². The highest BCUT2D eigenvalue weighted by atomic mass is 15.2. The molecule has 0 aromatic heterocycles. The van der Waals surface area contributed by atoms with Gasteiger partial charge in [0.2, 0.25) is 0 Å². The van der Waals surface area contributed by atoms with Gasteiger partial charge in [0.15, 0.2) is 0 Å². The van der Waals surface area contributed by atoms with Gasteiger partial charge in [-0.25, -0.2) is 0 Å². The molecule has 0 amide bonds. The second-order valence-electron chi connectivity index (χ2n) is 6.19. The van der Waals surface area contributed by atoms with Crippen LogP contribution < -0.4 is 5.73 Å². The van der Waals surface area contributed by atoms with Crippen LogP contribution in [0.4, 0.5) is 0 Å². The fourth-order valence-corrected chi connectivity index (χ4v) is 4.03. The topological polar surface area (TPSA) is 29.3 Å². The summed E-state index contributed by atoms with van der Waals surface area (Å²) in [5.41, 5.74) is 10.2. The molecule has 0 bridgehead atoms. The minimum atomic E-state index is 0.467. The highest BCUT2D eigenvalue weighted by Crippen LogP contribution is 2.44. The van der Waals surface area contributed by atoms with E-state index in [4.69, 9.17) is 5.73 Å². The maximum atomic E-state index is 5.84. The summed E-state index contributed by atoms with van der Waals surface area (Å²) in [6, 6.07) is 0.966. The normalized spacial score (nSPS) is 33.3. The fraction of sp³-hybridized carbons (Fsp3) is 0.368. The molecule has 1 aliphatic heterocycles. The predicted octanol–water partition coefficient (Wildman–Crippen LogP) is 3.23. The van der Waals surface area contributed by atoms with Gasteiger partial charge in [0.25, 0.3) is 0 Å². The summed E-state index contributed by atoms with van der Waals surface area (Å²) >= 11 is 0. The molecule has 0 aromatic carbocycles. The number of allylic oxidation sites excluding steroid dienone is 5. The first-order chi connectivity index (χ1) is 10.4. The van der Waals surface area contributed by atoms with Gasteiger partial charge in [-0.05, 0) is 30.4 Å². The SMILES string of the molecule is NCC1=CC2C3=C(CCC=C3)N(C3C=CC=CC3)C2C=C1. The Bertz CT molecular complexity index is 615. The Morgan fingerprint density at radius 2 is 2.10 bits per heavy atom. The molecule has 21 heavy (non-hydrogen) atoms. The standard InChI is InChI=1S/C19H22N2/c20-13-14-10-11-19-17(12-14)16-8-4-5-9-18(16)21(19)15-6-2-1-3-7-15/h1-4,6,8,10-12,15,17,19H,5,7,9,13,20H2. The molecule has 2 heteroatoms. The zero-order chi connectivity index (χ0) is 14.2. The molecule has 0 aromatic rings. The first kappa shape index (κ1) is 12.9. The van der Waals surface area contributed by atoms with Gasteiger partial charge in [0.1, 0.15) is 0 Å². The molecule has 2 N–H and O–H groups in total. The number of nitrogens with two attached hydrogens (primary N) is 1. The Morgan fingerprint density at radius 3 is 2.90 bits per heavy atom. The average molecular weight is 278 g/mol. The van der Waals surface area contributed by atoms with E-state index >= 15 is 0 Å². The third-order valence-corrected chi connectivity index (χ3v) is 4.99. The first-order valence-electron chi connectivity index (χ1n) is 7.98. The van der Waals surface area contributed by atoms with Gasteiger partial charge in [-0.15, -0.1) is 0 Å². The van der Waals surface area contributed by atoms with Crippen molar-refractivity contribution in [3.63, 3.8) is 0 Å². The number of nitrogens with zero attached hydrogens (tertiary/aromatic N) is 1. The average Bonchev–Trinajstić information content (AvgIpc) is 2.89. The van der Waals surface area contributed by atoms with Crippen molar-refractivity contribution in [2.75, 3.05) is 6.54 Å². The Kier molecular flexibility index (Phi) is 3.19. The maximum Gasteiger partial charge on any atom is 0.0583 e. The van der Waals surface area contributed by atoms with Crippen LogP contribution in [-0.4, -0.2) is 23.5 Å². The minimum Gasteiger partial charge on any atom is -0.360 e. The Labute approximate surface area is 126 Å². The van der Waals surface area contributed by atoms with Crippen molar-refractivity contribution in [2.45, 2.75) is 31.3 Å². The maximum absolute atomic E-state index is 5.84. The lowest BCUT2D eigenvalue weighted by atomic mass is 9.86. The van der Waals surface area contributed by atoms with E-state index in [9.17, 15) is 0 Å². The Morgan fingerprint density at radius 1 is 1.14 bits per heavy atom. The first-order valence-corrected chi connectivity index (χ1v) is 7.98. The van der Waals surface area contributed by atoms with E-state index in [2.05, 4.69) is 59.6 Å².